The molecule has 0 atom stereocenters. The minimum Gasteiger partial charge on any atom is -0.0992 e. The minimum absolute atomic E-state index is 1.15. The van der Waals surface area contributed by atoms with Crippen molar-refractivity contribution in [1.29, 1.82) is 0 Å². The van der Waals surface area contributed by atoms with Gasteiger partial charge in [0, 0.05) is 0 Å². The van der Waals surface area contributed by atoms with E-state index < -0.39 is 16.1 Å². The van der Waals surface area contributed by atoms with E-state index in [9.17, 15) is 0 Å². The maximum absolute atomic E-state index is 4.35. The number of hydrogen-bond acceptors (Lipinski definition) is 0. The van der Waals surface area contributed by atoms with E-state index in [2.05, 4.69) is 59.7 Å². The third-order valence-corrected chi connectivity index (χ3v) is 8.86. The fourth-order valence-corrected chi connectivity index (χ4v) is 7.12. The Morgan fingerprint density at radius 3 is 1.22 bits per heavy atom. The molecule has 0 amide bonds. The van der Waals surface area contributed by atoms with Crippen molar-refractivity contribution in [1.82, 2.24) is 0 Å². The van der Waals surface area contributed by atoms with Crippen molar-refractivity contribution in [2.24, 2.45) is 0 Å². The van der Waals surface area contributed by atoms with Crippen LogP contribution >= 0.6 is 0 Å². The zero-order chi connectivity index (χ0) is 14.3. The Kier molecular flexibility index (Phi) is 4.34. The zero-order valence-electron chi connectivity index (χ0n) is 13.6. The molecular formula is C16H30Si2. The summed E-state index contributed by atoms with van der Waals surface area (Å²) in [6.07, 6.45) is 2.29. The Balaban J connectivity index is 3.46. The molecule has 0 saturated heterocycles. The summed E-state index contributed by atoms with van der Waals surface area (Å²) in [6, 6.07) is 0. The van der Waals surface area contributed by atoms with Crippen LogP contribution in [0.25, 0.3) is 0 Å². The lowest BCUT2D eigenvalue weighted by Crippen LogP contribution is -2.26. The van der Waals surface area contributed by atoms with Crippen LogP contribution in [0.3, 0.4) is 0 Å². The number of hydrogen-bond donors (Lipinski definition) is 0. The van der Waals surface area contributed by atoms with Crippen molar-refractivity contribution in [3.05, 3.63) is 33.7 Å². The Bertz CT molecular complexity index is 383. The highest BCUT2D eigenvalue weighted by molar-refractivity contribution is 6.84. The largest absolute Gasteiger partial charge is 0.0992 e. The molecule has 0 aromatic carbocycles. The van der Waals surface area contributed by atoms with E-state index in [0.717, 1.165) is 12.8 Å². The van der Waals surface area contributed by atoms with Crippen LogP contribution in [0.2, 0.25) is 39.3 Å². The van der Waals surface area contributed by atoms with Gasteiger partial charge in [0.25, 0.3) is 0 Å². The first-order valence-corrected chi connectivity index (χ1v) is 14.0. The van der Waals surface area contributed by atoms with Gasteiger partial charge in [-0.1, -0.05) is 73.0 Å². The van der Waals surface area contributed by atoms with Gasteiger partial charge in [-0.25, -0.2) is 0 Å². The second-order valence-electron chi connectivity index (χ2n) is 7.81. The van der Waals surface area contributed by atoms with Crippen molar-refractivity contribution in [2.75, 3.05) is 0 Å². The minimum atomic E-state index is -1.22. The second-order valence-corrected chi connectivity index (χ2v) is 18.0. The standard InChI is InChI=1S/C16H30Si2/c1-12-10-15(17(4,5)6)13(2)14(3)16(11-12)18(7,8)9/h1,10-11H2,2-9H3. The smallest absolute Gasteiger partial charge is 0.0732 e. The summed E-state index contributed by atoms with van der Waals surface area (Å²) >= 11 is 0. The highest BCUT2D eigenvalue weighted by atomic mass is 28.3. The van der Waals surface area contributed by atoms with Gasteiger partial charge in [0.05, 0.1) is 16.1 Å². The van der Waals surface area contributed by atoms with E-state index in [1.165, 1.54) is 5.57 Å². The van der Waals surface area contributed by atoms with Crippen molar-refractivity contribution < 1.29 is 0 Å². The molecule has 0 saturated carbocycles. The SMILES string of the molecule is C=C1CC([Si](C)(C)C)=C(C)C(C)=C([Si](C)(C)C)C1. The van der Waals surface area contributed by atoms with Crippen LogP contribution in [0.4, 0.5) is 0 Å². The van der Waals surface area contributed by atoms with E-state index in [1.807, 2.05) is 0 Å². The fourth-order valence-electron chi connectivity index (χ4n) is 2.94. The predicted molar refractivity (Wildman–Crippen MR) is 90.5 cm³/mol. The van der Waals surface area contributed by atoms with Gasteiger partial charge in [-0.15, -0.1) is 0 Å². The summed E-state index contributed by atoms with van der Waals surface area (Å²) < 4.78 is 0. The lowest BCUT2D eigenvalue weighted by atomic mass is 10.1. The normalized spacial score (nSPS) is 19.4. The van der Waals surface area contributed by atoms with Crippen LogP contribution in [0.1, 0.15) is 26.7 Å². The summed E-state index contributed by atoms with van der Waals surface area (Å²) in [6.45, 7) is 23.8. The second kappa shape index (κ2) is 4.97. The number of allylic oxidation sites excluding steroid dienone is 5. The Hall–Kier alpha value is -0.346. The van der Waals surface area contributed by atoms with Crippen LogP contribution < -0.4 is 0 Å². The maximum Gasteiger partial charge on any atom is 0.0732 e. The zero-order valence-corrected chi connectivity index (χ0v) is 15.6. The van der Waals surface area contributed by atoms with Crippen molar-refractivity contribution in [3.63, 3.8) is 0 Å². The van der Waals surface area contributed by atoms with Gasteiger partial charge in [0.2, 0.25) is 0 Å². The van der Waals surface area contributed by atoms with E-state index in [1.54, 1.807) is 21.5 Å². The van der Waals surface area contributed by atoms with E-state index in [0.29, 0.717) is 0 Å². The highest BCUT2D eigenvalue weighted by Crippen LogP contribution is 2.38. The molecule has 0 nitrogen and oxygen atoms in total. The third-order valence-electron chi connectivity index (χ3n) is 4.13. The highest BCUT2D eigenvalue weighted by Gasteiger charge is 2.30. The molecule has 102 valence electrons. The van der Waals surface area contributed by atoms with Gasteiger partial charge in [-0.3, -0.25) is 0 Å². The van der Waals surface area contributed by atoms with Crippen molar-refractivity contribution in [2.45, 2.75) is 66.0 Å². The fraction of sp³-hybridized carbons (Fsp3) is 0.625. The molecule has 0 heterocycles. The van der Waals surface area contributed by atoms with Crippen LogP contribution in [-0.2, 0) is 0 Å². The summed E-state index contributed by atoms with van der Waals surface area (Å²) in [5.41, 5.74) is 4.61. The van der Waals surface area contributed by atoms with Gasteiger partial charge >= 0.3 is 0 Å². The topological polar surface area (TPSA) is 0 Å². The molecular weight excluding hydrogens is 248 g/mol. The third kappa shape index (κ3) is 3.35. The molecule has 0 aromatic heterocycles. The average Bonchev–Trinajstić information content (AvgIpc) is 2.27. The molecule has 0 bridgehead atoms. The monoisotopic (exact) mass is 278 g/mol. The molecule has 0 spiro atoms. The Morgan fingerprint density at radius 1 is 0.722 bits per heavy atom. The summed E-state index contributed by atoms with van der Waals surface area (Å²) in [4.78, 5) is 0. The summed E-state index contributed by atoms with van der Waals surface area (Å²) in [5.74, 6) is 0. The van der Waals surface area contributed by atoms with Crippen LogP contribution in [-0.4, -0.2) is 16.1 Å². The molecule has 0 unspecified atom stereocenters. The molecule has 1 rings (SSSR count). The quantitative estimate of drug-likeness (QED) is 0.447. The first-order chi connectivity index (χ1) is 7.94. The van der Waals surface area contributed by atoms with Crippen LogP contribution in [0, 0.1) is 0 Å². The summed E-state index contributed by atoms with van der Waals surface area (Å²) in [5, 5.41) is 3.44. The molecule has 1 aliphatic carbocycles. The molecule has 0 radical (unpaired) electrons. The lowest BCUT2D eigenvalue weighted by Gasteiger charge is -2.25. The van der Waals surface area contributed by atoms with Gasteiger partial charge in [-0.2, -0.15) is 0 Å². The molecule has 0 N–H and O–H groups in total. The van der Waals surface area contributed by atoms with E-state index in [-0.39, 0.29) is 0 Å². The molecule has 0 fully saturated rings. The molecule has 0 aliphatic heterocycles. The van der Waals surface area contributed by atoms with Gasteiger partial charge < -0.3 is 0 Å². The van der Waals surface area contributed by atoms with Gasteiger partial charge in [0.15, 0.2) is 0 Å². The van der Waals surface area contributed by atoms with Gasteiger partial charge in [0.1, 0.15) is 0 Å². The first kappa shape index (κ1) is 15.7. The van der Waals surface area contributed by atoms with Gasteiger partial charge in [-0.05, 0) is 26.7 Å². The molecule has 18 heavy (non-hydrogen) atoms. The maximum atomic E-state index is 4.35. The molecule has 0 aromatic rings. The Labute approximate surface area is 116 Å². The molecule has 1 aliphatic rings. The van der Waals surface area contributed by atoms with E-state index >= 15 is 0 Å². The predicted octanol–water partition coefficient (Wildman–Crippen LogP) is 5.72. The summed E-state index contributed by atoms with van der Waals surface area (Å²) in [7, 11) is -2.45. The van der Waals surface area contributed by atoms with Crippen LogP contribution in [0.5, 0.6) is 0 Å². The van der Waals surface area contributed by atoms with Crippen molar-refractivity contribution in [3.8, 4) is 0 Å². The van der Waals surface area contributed by atoms with Crippen molar-refractivity contribution >= 4 is 16.1 Å². The average molecular weight is 279 g/mol. The van der Waals surface area contributed by atoms with Crippen LogP contribution in [0.15, 0.2) is 33.7 Å². The first-order valence-electron chi connectivity index (χ1n) is 7.02. The lowest BCUT2D eigenvalue weighted by molar-refractivity contribution is 1.08. The Morgan fingerprint density at radius 2 is 1.00 bits per heavy atom. The number of rotatable bonds is 2. The molecule has 2 heteroatoms. The van der Waals surface area contributed by atoms with E-state index in [4.69, 9.17) is 0 Å².